The molecular weight excluding hydrogens is 332 g/mol. The first-order chi connectivity index (χ1) is 12.3. The van der Waals surface area contributed by atoms with Crippen molar-refractivity contribution in [3.8, 4) is 0 Å². The van der Waals surface area contributed by atoms with Gasteiger partial charge in [0.2, 0.25) is 17.7 Å². The molecule has 1 aliphatic heterocycles. The molecule has 0 spiro atoms. The van der Waals surface area contributed by atoms with Gasteiger partial charge in [0.05, 0.1) is 6.04 Å². The zero-order valence-electron chi connectivity index (χ0n) is 15.6. The molecule has 26 heavy (non-hydrogen) atoms. The number of hydrogen-bond donors (Lipinski definition) is 3. The third-order valence-electron chi connectivity index (χ3n) is 4.52. The summed E-state index contributed by atoms with van der Waals surface area (Å²) in [4.78, 5) is 39.2. The molecule has 0 radical (unpaired) electrons. The summed E-state index contributed by atoms with van der Waals surface area (Å²) in [5.74, 6) is -0.923. The molecule has 0 saturated carbocycles. The molecule has 1 saturated heterocycles. The molecule has 3 amide bonds. The van der Waals surface area contributed by atoms with Gasteiger partial charge >= 0.3 is 0 Å². The van der Waals surface area contributed by atoms with E-state index in [9.17, 15) is 14.4 Å². The summed E-state index contributed by atoms with van der Waals surface area (Å²) in [6, 6.07) is 7.24. The molecular formula is C19H28N4O3. The smallest absolute Gasteiger partial charge is 0.247 e. The molecule has 0 aliphatic carbocycles. The van der Waals surface area contributed by atoms with Gasteiger partial charge in [-0.1, -0.05) is 32.0 Å². The fraction of sp³-hybridized carbons (Fsp3) is 0.526. The molecule has 3 atom stereocenters. The van der Waals surface area contributed by atoms with Crippen molar-refractivity contribution >= 4 is 23.4 Å². The summed E-state index contributed by atoms with van der Waals surface area (Å²) in [6.07, 6.45) is 1.36. The second kappa shape index (κ2) is 8.80. The van der Waals surface area contributed by atoms with E-state index in [0.29, 0.717) is 18.7 Å². The van der Waals surface area contributed by atoms with E-state index in [2.05, 4.69) is 10.6 Å². The zero-order chi connectivity index (χ0) is 19.3. The van der Waals surface area contributed by atoms with Crippen LogP contribution >= 0.6 is 0 Å². The third kappa shape index (κ3) is 4.82. The number of para-hydroxylation sites is 1. The molecule has 1 heterocycles. The van der Waals surface area contributed by atoms with Crippen molar-refractivity contribution in [3.63, 3.8) is 0 Å². The van der Waals surface area contributed by atoms with Crippen molar-refractivity contribution < 1.29 is 14.4 Å². The van der Waals surface area contributed by atoms with E-state index >= 15 is 0 Å². The average molecular weight is 360 g/mol. The topological polar surface area (TPSA) is 105 Å². The predicted octanol–water partition coefficient (Wildman–Crippen LogP) is 1.10. The monoisotopic (exact) mass is 360 g/mol. The van der Waals surface area contributed by atoms with E-state index in [-0.39, 0.29) is 23.6 Å². The van der Waals surface area contributed by atoms with Gasteiger partial charge in [-0.25, -0.2) is 0 Å². The van der Waals surface area contributed by atoms with Gasteiger partial charge in [0.1, 0.15) is 12.1 Å². The molecule has 2 rings (SSSR count). The number of likely N-dealkylation sites (tertiary alicyclic amines) is 1. The van der Waals surface area contributed by atoms with Crippen LogP contribution in [0, 0.1) is 5.92 Å². The van der Waals surface area contributed by atoms with Gasteiger partial charge in [-0.05, 0) is 37.8 Å². The quantitative estimate of drug-likeness (QED) is 0.706. The van der Waals surface area contributed by atoms with Gasteiger partial charge in [-0.15, -0.1) is 0 Å². The largest absolute Gasteiger partial charge is 0.343 e. The highest BCUT2D eigenvalue weighted by Crippen LogP contribution is 2.22. The minimum atomic E-state index is -0.696. The number of anilines is 1. The van der Waals surface area contributed by atoms with E-state index in [1.54, 1.807) is 24.0 Å². The van der Waals surface area contributed by atoms with Crippen LogP contribution in [-0.4, -0.2) is 47.3 Å². The Morgan fingerprint density at radius 2 is 1.81 bits per heavy atom. The lowest BCUT2D eigenvalue weighted by atomic mass is 10.0. The maximum Gasteiger partial charge on any atom is 0.247 e. The number of benzene rings is 1. The minimum Gasteiger partial charge on any atom is -0.343 e. The summed E-state index contributed by atoms with van der Waals surface area (Å²) in [7, 11) is 0. The zero-order valence-corrected chi connectivity index (χ0v) is 15.6. The third-order valence-corrected chi connectivity index (χ3v) is 4.52. The normalized spacial score (nSPS) is 19.1. The first-order valence-electron chi connectivity index (χ1n) is 9.03. The average Bonchev–Trinajstić information content (AvgIpc) is 3.09. The van der Waals surface area contributed by atoms with Gasteiger partial charge in [0.15, 0.2) is 0 Å². The highest BCUT2D eigenvalue weighted by atomic mass is 16.2. The van der Waals surface area contributed by atoms with Crippen LogP contribution in [0.25, 0.3) is 0 Å². The van der Waals surface area contributed by atoms with E-state index in [1.807, 2.05) is 32.0 Å². The molecule has 1 aromatic rings. The van der Waals surface area contributed by atoms with E-state index in [1.165, 1.54) is 0 Å². The first kappa shape index (κ1) is 19.9. The Balaban J connectivity index is 2.10. The number of carbonyl (C=O) groups is 3. The van der Waals surface area contributed by atoms with Crippen molar-refractivity contribution in [2.75, 3.05) is 11.9 Å². The van der Waals surface area contributed by atoms with Gasteiger partial charge < -0.3 is 21.3 Å². The van der Waals surface area contributed by atoms with Crippen LogP contribution in [0.4, 0.5) is 5.69 Å². The maximum atomic E-state index is 13.0. The second-order valence-corrected chi connectivity index (χ2v) is 7.06. The molecule has 1 fully saturated rings. The number of nitrogens with zero attached hydrogens (tertiary/aromatic N) is 1. The highest BCUT2D eigenvalue weighted by Gasteiger charge is 2.38. The van der Waals surface area contributed by atoms with Crippen molar-refractivity contribution in [1.82, 2.24) is 10.2 Å². The fourth-order valence-corrected chi connectivity index (χ4v) is 3.03. The summed E-state index contributed by atoms with van der Waals surface area (Å²) < 4.78 is 0. The summed E-state index contributed by atoms with van der Waals surface area (Å²) in [6.45, 7) is 5.80. The molecule has 7 heteroatoms. The van der Waals surface area contributed by atoms with Gasteiger partial charge in [0, 0.05) is 12.2 Å². The number of carbonyl (C=O) groups excluding carboxylic acids is 3. The molecule has 1 aliphatic rings. The second-order valence-electron chi connectivity index (χ2n) is 7.06. The van der Waals surface area contributed by atoms with E-state index < -0.39 is 18.1 Å². The van der Waals surface area contributed by atoms with Crippen molar-refractivity contribution in [2.24, 2.45) is 11.7 Å². The minimum absolute atomic E-state index is 0.108. The molecule has 1 aromatic carbocycles. The lowest BCUT2D eigenvalue weighted by Gasteiger charge is -2.30. The van der Waals surface area contributed by atoms with Crippen LogP contribution in [-0.2, 0) is 14.4 Å². The molecule has 3 unspecified atom stereocenters. The number of nitrogens with one attached hydrogen (secondary N) is 2. The van der Waals surface area contributed by atoms with Crippen molar-refractivity contribution in [3.05, 3.63) is 30.3 Å². The SMILES string of the molecule is CC(N)C(=O)NC(C(=O)N1CCCC1C(=O)Nc1ccccc1)C(C)C. The number of amides is 3. The van der Waals surface area contributed by atoms with Crippen molar-refractivity contribution in [1.29, 1.82) is 0 Å². The highest BCUT2D eigenvalue weighted by molar-refractivity contribution is 5.99. The van der Waals surface area contributed by atoms with Crippen LogP contribution in [0.5, 0.6) is 0 Å². The number of rotatable bonds is 6. The molecule has 4 N–H and O–H groups in total. The Hall–Kier alpha value is -2.41. The van der Waals surface area contributed by atoms with E-state index in [0.717, 1.165) is 6.42 Å². The molecule has 0 aromatic heterocycles. The van der Waals surface area contributed by atoms with Crippen LogP contribution in [0.2, 0.25) is 0 Å². The first-order valence-corrected chi connectivity index (χ1v) is 9.03. The molecule has 0 bridgehead atoms. The standard InChI is InChI=1S/C19H28N4O3/c1-12(2)16(22-17(24)13(3)20)19(26)23-11-7-10-15(23)18(25)21-14-8-5-4-6-9-14/h4-6,8-9,12-13,15-16H,7,10-11,20H2,1-3H3,(H,21,25)(H,22,24). The van der Waals surface area contributed by atoms with Crippen LogP contribution in [0.3, 0.4) is 0 Å². The van der Waals surface area contributed by atoms with E-state index in [4.69, 9.17) is 5.73 Å². The molecule has 7 nitrogen and oxygen atoms in total. The Bertz CT molecular complexity index is 645. The Morgan fingerprint density at radius 1 is 1.15 bits per heavy atom. The molecule has 142 valence electrons. The van der Waals surface area contributed by atoms with Crippen molar-refractivity contribution in [2.45, 2.75) is 51.7 Å². The summed E-state index contributed by atoms with van der Waals surface area (Å²) >= 11 is 0. The van der Waals surface area contributed by atoms with Gasteiger partial charge in [0.25, 0.3) is 0 Å². The Morgan fingerprint density at radius 3 is 2.38 bits per heavy atom. The Kier molecular flexibility index (Phi) is 6.74. The van der Waals surface area contributed by atoms with Gasteiger partial charge in [-0.3, -0.25) is 14.4 Å². The summed E-state index contributed by atoms with van der Waals surface area (Å²) in [5.41, 5.74) is 6.30. The number of hydrogen-bond acceptors (Lipinski definition) is 4. The maximum absolute atomic E-state index is 13.0. The van der Waals surface area contributed by atoms with Crippen LogP contribution in [0.15, 0.2) is 30.3 Å². The lowest BCUT2D eigenvalue weighted by Crippen LogP contribution is -2.56. The summed E-state index contributed by atoms with van der Waals surface area (Å²) in [5, 5.41) is 5.57. The lowest BCUT2D eigenvalue weighted by molar-refractivity contribution is -0.141. The van der Waals surface area contributed by atoms with Gasteiger partial charge in [-0.2, -0.15) is 0 Å². The number of nitrogens with two attached hydrogens (primary N) is 1. The fourth-order valence-electron chi connectivity index (χ4n) is 3.03. The Labute approximate surface area is 154 Å². The predicted molar refractivity (Wildman–Crippen MR) is 100 cm³/mol. The van der Waals surface area contributed by atoms with Crippen LogP contribution in [0.1, 0.15) is 33.6 Å². The van der Waals surface area contributed by atoms with Crippen LogP contribution < -0.4 is 16.4 Å².